The van der Waals surface area contributed by atoms with Gasteiger partial charge < -0.3 is 9.67 Å². The van der Waals surface area contributed by atoms with E-state index in [1.807, 2.05) is 0 Å². The van der Waals surface area contributed by atoms with E-state index in [9.17, 15) is 18.0 Å². The molecule has 2 rings (SSSR count). The van der Waals surface area contributed by atoms with Gasteiger partial charge in [0.15, 0.2) is 5.69 Å². The molecule has 0 spiro atoms. The lowest BCUT2D eigenvalue weighted by atomic mass is 9.99. The summed E-state index contributed by atoms with van der Waals surface area (Å²) in [5, 5.41) is 8.86. The average Bonchev–Trinajstić information content (AvgIpc) is 2.59. The number of rotatable bonds is 1. The molecule has 0 aliphatic carbocycles. The zero-order valence-electron chi connectivity index (χ0n) is 8.16. The molecule has 0 aromatic carbocycles. The predicted octanol–water partition coefficient (Wildman–Crippen LogP) is 1.86. The van der Waals surface area contributed by atoms with Crippen LogP contribution in [0.3, 0.4) is 0 Å². The van der Waals surface area contributed by atoms with E-state index < -0.39 is 23.8 Å². The number of carboxylic acids is 1. The number of fused-ring (bicyclic) bond motifs is 1. The van der Waals surface area contributed by atoms with Crippen LogP contribution in [0.15, 0.2) is 6.20 Å². The van der Waals surface area contributed by atoms with Crippen LogP contribution in [0.1, 0.15) is 30.3 Å². The number of aliphatic carboxylic acids is 1. The van der Waals surface area contributed by atoms with E-state index in [0.717, 1.165) is 6.20 Å². The summed E-state index contributed by atoms with van der Waals surface area (Å²) < 4.78 is 38.4. The van der Waals surface area contributed by atoms with E-state index in [1.54, 1.807) is 0 Å². The van der Waals surface area contributed by atoms with Crippen LogP contribution in [0.25, 0.3) is 0 Å². The van der Waals surface area contributed by atoms with Gasteiger partial charge in [-0.25, -0.2) is 4.98 Å². The van der Waals surface area contributed by atoms with Crippen molar-refractivity contribution in [2.45, 2.75) is 31.5 Å². The van der Waals surface area contributed by atoms with Crippen LogP contribution < -0.4 is 0 Å². The molecule has 1 aliphatic heterocycles. The summed E-state index contributed by atoms with van der Waals surface area (Å²) in [7, 11) is 0. The maximum absolute atomic E-state index is 12.4. The maximum Gasteiger partial charge on any atom is 0.434 e. The minimum atomic E-state index is -4.52. The number of imidazole rings is 1. The summed E-state index contributed by atoms with van der Waals surface area (Å²) in [5.74, 6) is -2.05. The second-order valence-corrected chi connectivity index (χ2v) is 3.71. The van der Waals surface area contributed by atoms with Crippen molar-refractivity contribution in [1.29, 1.82) is 0 Å². The molecule has 1 unspecified atom stereocenters. The van der Waals surface area contributed by atoms with Gasteiger partial charge in [0.05, 0.1) is 0 Å². The Labute approximate surface area is 88.7 Å². The van der Waals surface area contributed by atoms with Crippen molar-refractivity contribution in [3.63, 3.8) is 0 Å². The van der Waals surface area contributed by atoms with Crippen molar-refractivity contribution in [1.82, 2.24) is 9.55 Å². The number of hydrogen-bond acceptors (Lipinski definition) is 2. The lowest BCUT2D eigenvalue weighted by Gasteiger charge is -2.19. The number of aryl methyl sites for hydroxylation is 1. The third-order valence-electron chi connectivity index (χ3n) is 2.60. The van der Waals surface area contributed by atoms with Gasteiger partial charge in [0, 0.05) is 12.7 Å². The molecule has 0 bridgehead atoms. The molecule has 0 radical (unpaired) electrons. The highest BCUT2D eigenvalue weighted by Crippen LogP contribution is 2.33. The molecular formula is C9H9F3N2O2. The maximum atomic E-state index is 12.4. The zero-order chi connectivity index (χ0) is 11.9. The fourth-order valence-corrected chi connectivity index (χ4v) is 1.85. The number of halogens is 3. The monoisotopic (exact) mass is 234 g/mol. The van der Waals surface area contributed by atoms with Crippen LogP contribution in [-0.4, -0.2) is 20.6 Å². The zero-order valence-corrected chi connectivity index (χ0v) is 8.16. The van der Waals surface area contributed by atoms with Crippen LogP contribution in [0, 0.1) is 0 Å². The Kier molecular flexibility index (Phi) is 2.40. The minimum absolute atomic E-state index is 0.00563. The van der Waals surface area contributed by atoms with Gasteiger partial charge in [0.25, 0.3) is 0 Å². The molecule has 1 aromatic heterocycles. The van der Waals surface area contributed by atoms with E-state index in [2.05, 4.69) is 4.98 Å². The SMILES string of the molecule is O=C(O)C1CCCn2cc(C(F)(F)F)nc21. The van der Waals surface area contributed by atoms with Gasteiger partial charge in [-0.1, -0.05) is 0 Å². The van der Waals surface area contributed by atoms with Crippen LogP contribution in [0.2, 0.25) is 0 Å². The van der Waals surface area contributed by atoms with Gasteiger partial charge in [0.2, 0.25) is 0 Å². The molecule has 0 saturated carbocycles. The Bertz CT molecular complexity index is 425. The van der Waals surface area contributed by atoms with Crippen molar-refractivity contribution in [3.05, 3.63) is 17.7 Å². The summed E-state index contributed by atoms with van der Waals surface area (Å²) in [6.45, 7) is 0.391. The van der Waals surface area contributed by atoms with Crippen LogP contribution >= 0.6 is 0 Å². The normalized spacial score (nSPS) is 20.6. The average molecular weight is 234 g/mol. The molecule has 1 aromatic rings. The smallest absolute Gasteiger partial charge is 0.434 e. The van der Waals surface area contributed by atoms with Crippen molar-refractivity contribution in [2.75, 3.05) is 0 Å². The lowest BCUT2D eigenvalue weighted by molar-refractivity contribution is -0.142. The molecule has 0 amide bonds. The van der Waals surface area contributed by atoms with E-state index in [0.29, 0.717) is 19.4 Å². The summed E-state index contributed by atoms with van der Waals surface area (Å²) >= 11 is 0. The van der Waals surface area contributed by atoms with E-state index in [1.165, 1.54) is 4.57 Å². The van der Waals surface area contributed by atoms with Gasteiger partial charge in [-0.3, -0.25) is 4.79 Å². The highest BCUT2D eigenvalue weighted by Gasteiger charge is 2.37. The van der Waals surface area contributed by atoms with E-state index in [-0.39, 0.29) is 5.82 Å². The lowest BCUT2D eigenvalue weighted by Crippen LogP contribution is -2.22. The van der Waals surface area contributed by atoms with E-state index >= 15 is 0 Å². The van der Waals surface area contributed by atoms with Crippen LogP contribution in [0.4, 0.5) is 13.2 Å². The van der Waals surface area contributed by atoms with Crippen molar-refractivity contribution >= 4 is 5.97 Å². The molecule has 0 saturated heterocycles. The predicted molar refractivity (Wildman–Crippen MR) is 46.8 cm³/mol. The fourth-order valence-electron chi connectivity index (χ4n) is 1.85. The quantitative estimate of drug-likeness (QED) is 0.806. The molecule has 16 heavy (non-hydrogen) atoms. The van der Waals surface area contributed by atoms with Gasteiger partial charge in [-0.2, -0.15) is 13.2 Å². The highest BCUT2D eigenvalue weighted by molar-refractivity contribution is 5.75. The summed E-state index contributed by atoms with van der Waals surface area (Å²) in [6.07, 6.45) is -2.75. The Balaban J connectivity index is 2.42. The molecule has 7 heteroatoms. The number of aromatic nitrogens is 2. The molecule has 4 nitrogen and oxygen atoms in total. The summed E-state index contributed by atoms with van der Waals surface area (Å²) in [5.41, 5.74) is -1.02. The second-order valence-electron chi connectivity index (χ2n) is 3.71. The summed E-state index contributed by atoms with van der Waals surface area (Å²) in [4.78, 5) is 14.2. The standard InChI is InChI=1S/C9H9F3N2O2/c10-9(11,12)6-4-14-3-1-2-5(8(15)16)7(14)13-6/h4-5H,1-3H2,(H,15,16). The first-order chi connectivity index (χ1) is 7.39. The molecule has 1 N–H and O–H groups in total. The molecule has 88 valence electrons. The second kappa shape index (κ2) is 3.50. The Morgan fingerprint density at radius 2 is 2.25 bits per heavy atom. The Hall–Kier alpha value is -1.53. The minimum Gasteiger partial charge on any atom is -0.481 e. The largest absolute Gasteiger partial charge is 0.481 e. The first-order valence-corrected chi connectivity index (χ1v) is 4.76. The number of hydrogen-bond donors (Lipinski definition) is 1. The molecule has 1 aliphatic rings. The highest BCUT2D eigenvalue weighted by atomic mass is 19.4. The van der Waals surface area contributed by atoms with Gasteiger partial charge in [-0.05, 0) is 12.8 Å². The van der Waals surface area contributed by atoms with Crippen molar-refractivity contribution in [3.8, 4) is 0 Å². The first-order valence-electron chi connectivity index (χ1n) is 4.76. The van der Waals surface area contributed by atoms with Gasteiger partial charge in [-0.15, -0.1) is 0 Å². The molecule has 2 heterocycles. The van der Waals surface area contributed by atoms with Crippen LogP contribution in [-0.2, 0) is 17.5 Å². The van der Waals surface area contributed by atoms with Crippen molar-refractivity contribution < 1.29 is 23.1 Å². The van der Waals surface area contributed by atoms with E-state index in [4.69, 9.17) is 5.11 Å². The number of carboxylic acid groups (broad SMARTS) is 1. The third-order valence-corrected chi connectivity index (χ3v) is 2.60. The number of carbonyl (C=O) groups is 1. The molecular weight excluding hydrogens is 225 g/mol. The Morgan fingerprint density at radius 1 is 1.56 bits per heavy atom. The topological polar surface area (TPSA) is 55.1 Å². The van der Waals surface area contributed by atoms with Crippen molar-refractivity contribution in [2.24, 2.45) is 0 Å². The third kappa shape index (κ3) is 1.77. The molecule has 1 atom stereocenters. The first kappa shape index (κ1) is 11.0. The summed E-state index contributed by atoms with van der Waals surface area (Å²) in [6, 6.07) is 0. The number of alkyl halides is 3. The number of nitrogens with zero attached hydrogens (tertiary/aromatic N) is 2. The fraction of sp³-hybridized carbons (Fsp3) is 0.556. The Morgan fingerprint density at radius 3 is 2.81 bits per heavy atom. The molecule has 0 fully saturated rings. The van der Waals surface area contributed by atoms with Crippen LogP contribution in [0.5, 0.6) is 0 Å². The van der Waals surface area contributed by atoms with Gasteiger partial charge >= 0.3 is 12.1 Å². The van der Waals surface area contributed by atoms with Gasteiger partial charge in [0.1, 0.15) is 11.7 Å².